The number of nitrogens with one attached hydrogen (secondary N) is 1. The molecule has 1 aromatic heterocycles. The van der Waals surface area contributed by atoms with E-state index in [1.54, 1.807) is 7.05 Å². The fourth-order valence-electron chi connectivity index (χ4n) is 2.06. The van der Waals surface area contributed by atoms with Crippen molar-refractivity contribution in [2.75, 3.05) is 20.6 Å². The van der Waals surface area contributed by atoms with Gasteiger partial charge in [-0.3, -0.25) is 4.99 Å². The maximum absolute atomic E-state index is 5.09. The fourth-order valence-corrected chi connectivity index (χ4v) is 2.47. The summed E-state index contributed by atoms with van der Waals surface area (Å²) >= 11 is 3.57. The van der Waals surface area contributed by atoms with Crippen molar-refractivity contribution in [3.63, 3.8) is 0 Å². The van der Waals surface area contributed by atoms with Gasteiger partial charge in [0.05, 0.1) is 0 Å². The molecule has 7 heteroatoms. The Labute approximate surface area is 138 Å². The van der Waals surface area contributed by atoms with Gasteiger partial charge in [0.2, 0.25) is 5.89 Å². The third-order valence-electron chi connectivity index (χ3n) is 3.13. The maximum Gasteiger partial charge on any atom is 0.228 e. The number of guanidine groups is 1. The van der Waals surface area contributed by atoms with Crippen molar-refractivity contribution in [3.8, 4) is 0 Å². The molecule has 1 N–H and O–H groups in total. The van der Waals surface area contributed by atoms with E-state index in [1.807, 2.05) is 32.2 Å². The van der Waals surface area contributed by atoms with Crippen LogP contribution >= 0.6 is 15.9 Å². The van der Waals surface area contributed by atoms with Crippen molar-refractivity contribution in [2.45, 2.75) is 19.9 Å². The molecular formula is C15H20BrN5O. The van der Waals surface area contributed by atoms with Crippen molar-refractivity contribution in [2.24, 2.45) is 4.99 Å². The smallest absolute Gasteiger partial charge is 0.228 e. The molecule has 0 aliphatic carbocycles. The predicted molar refractivity (Wildman–Crippen MR) is 89.7 cm³/mol. The molecule has 0 aliphatic heterocycles. The minimum atomic E-state index is 0.633. The van der Waals surface area contributed by atoms with E-state index < -0.39 is 0 Å². The van der Waals surface area contributed by atoms with E-state index in [2.05, 4.69) is 47.3 Å². The largest absolute Gasteiger partial charge is 0.356 e. The van der Waals surface area contributed by atoms with E-state index >= 15 is 0 Å². The second-order valence-electron chi connectivity index (χ2n) is 4.91. The maximum atomic E-state index is 5.09. The molecule has 6 nitrogen and oxygen atoms in total. The van der Waals surface area contributed by atoms with Crippen LogP contribution in [-0.2, 0) is 13.0 Å². The molecule has 1 aromatic carbocycles. The molecule has 0 fully saturated rings. The number of rotatable bonds is 5. The zero-order chi connectivity index (χ0) is 15.9. The van der Waals surface area contributed by atoms with Crippen molar-refractivity contribution < 1.29 is 4.52 Å². The summed E-state index contributed by atoms with van der Waals surface area (Å²) in [5.41, 5.74) is 1.21. The minimum absolute atomic E-state index is 0.633. The highest BCUT2D eigenvalue weighted by Gasteiger charge is 2.09. The van der Waals surface area contributed by atoms with Gasteiger partial charge < -0.3 is 14.7 Å². The Bertz CT molecular complexity index is 640. The Hall–Kier alpha value is -1.89. The summed E-state index contributed by atoms with van der Waals surface area (Å²) in [6, 6.07) is 8.17. The van der Waals surface area contributed by atoms with E-state index in [0.29, 0.717) is 24.7 Å². The van der Waals surface area contributed by atoms with Crippen LogP contribution in [0.5, 0.6) is 0 Å². The quantitative estimate of drug-likeness (QED) is 0.650. The molecular weight excluding hydrogens is 346 g/mol. The standard InChI is InChI=1S/C15H20BrN5O/c1-11-19-14(22-20-11)8-9-18-15(17-2)21(3)10-12-6-4-5-7-13(12)16/h4-7H,8-10H2,1-3H3,(H,17,18). The minimum Gasteiger partial charge on any atom is -0.356 e. The number of benzene rings is 1. The van der Waals surface area contributed by atoms with Crippen LogP contribution in [0.15, 0.2) is 38.3 Å². The summed E-state index contributed by atoms with van der Waals surface area (Å²) in [6.07, 6.45) is 0.669. The van der Waals surface area contributed by atoms with Gasteiger partial charge in [0.15, 0.2) is 11.8 Å². The van der Waals surface area contributed by atoms with Crippen LogP contribution in [0.1, 0.15) is 17.3 Å². The molecule has 1 heterocycles. The van der Waals surface area contributed by atoms with E-state index in [0.717, 1.165) is 17.0 Å². The number of aromatic nitrogens is 2. The first kappa shape index (κ1) is 16.5. The number of hydrogen-bond donors (Lipinski definition) is 1. The van der Waals surface area contributed by atoms with Gasteiger partial charge in [-0.05, 0) is 18.6 Å². The summed E-state index contributed by atoms with van der Waals surface area (Å²) in [7, 11) is 3.78. The molecule has 0 spiro atoms. The molecule has 0 saturated carbocycles. The Balaban J connectivity index is 1.87. The van der Waals surface area contributed by atoms with Crippen LogP contribution in [-0.4, -0.2) is 41.6 Å². The SMILES string of the molecule is CN=C(NCCc1nc(C)no1)N(C)Cc1ccccc1Br. The van der Waals surface area contributed by atoms with Crippen LogP contribution < -0.4 is 5.32 Å². The Morgan fingerprint density at radius 1 is 1.41 bits per heavy atom. The summed E-state index contributed by atoms with van der Waals surface area (Å²) < 4.78 is 6.19. The predicted octanol–water partition coefficient (Wildman–Crippen LogP) is 2.39. The van der Waals surface area contributed by atoms with Gasteiger partial charge in [-0.2, -0.15) is 4.98 Å². The number of aryl methyl sites for hydroxylation is 1. The van der Waals surface area contributed by atoms with Gasteiger partial charge in [-0.1, -0.05) is 39.3 Å². The second kappa shape index (κ2) is 7.93. The van der Waals surface area contributed by atoms with Crippen molar-refractivity contribution >= 4 is 21.9 Å². The first-order valence-electron chi connectivity index (χ1n) is 7.04. The molecule has 0 bridgehead atoms. The van der Waals surface area contributed by atoms with Gasteiger partial charge in [0.1, 0.15) is 0 Å². The molecule has 0 saturated heterocycles. The van der Waals surface area contributed by atoms with Crippen molar-refractivity contribution in [3.05, 3.63) is 46.0 Å². The Kier molecular flexibility index (Phi) is 5.94. The Morgan fingerprint density at radius 2 is 2.18 bits per heavy atom. The lowest BCUT2D eigenvalue weighted by Gasteiger charge is -2.22. The lowest BCUT2D eigenvalue weighted by atomic mass is 10.2. The van der Waals surface area contributed by atoms with Gasteiger partial charge >= 0.3 is 0 Å². The van der Waals surface area contributed by atoms with Crippen LogP contribution in [0, 0.1) is 6.92 Å². The lowest BCUT2D eigenvalue weighted by molar-refractivity contribution is 0.373. The van der Waals surface area contributed by atoms with Crippen LogP contribution in [0.25, 0.3) is 0 Å². The summed E-state index contributed by atoms with van der Waals surface area (Å²) in [4.78, 5) is 10.5. The first-order valence-corrected chi connectivity index (χ1v) is 7.84. The summed E-state index contributed by atoms with van der Waals surface area (Å²) in [5.74, 6) is 2.12. The molecule has 22 heavy (non-hydrogen) atoms. The molecule has 2 aromatic rings. The number of nitrogens with zero attached hydrogens (tertiary/aromatic N) is 4. The zero-order valence-corrected chi connectivity index (χ0v) is 14.6. The molecule has 0 aliphatic rings. The van der Waals surface area contributed by atoms with E-state index in [9.17, 15) is 0 Å². The average molecular weight is 366 g/mol. The van der Waals surface area contributed by atoms with Crippen LogP contribution in [0.2, 0.25) is 0 Å². The molecule has 0 unspecified atom stereocenters. The highest BCUT2D eigenvalue weighted by molar-refractivity contribution is 9.10. The molecule has 0 amide bonds. The second-order valence-corrected chi connectivity index (χ2v) is 5.76. The van der Waals surface area contributed by atoms with Gasteiger partial charge in [-0.25, -0.2) is 0 Å². The first-order chi connectivity index (χ1) is 10.6. The highest BCUT2D eigenvalue weighted by Crippen LogP contribution is 2.17. The number of hydrogen-bond acceptors (Lipinski definition) is 4. The van der Waals surface area contributed by atoms with E-state index in [1.165, 1.54) is 5.56 Å². The molecule has 0 radical (unpaired) electrons. The van der Waals surface area contributed by atoms with Crippen molar-refractivity contribution in [1.82, 2.24) is 20.4 Å². The van der Waals surface area contributed by atoms with Gasteiger partial charge in [0.25, 0.3) is 0 Å². The normalized spacial score (nSPS) is 11.5. The average Bonchev–Trinajstić information content (AvgIpc) is 2.91. The fraction of sp³-hybridized carbons (Fsp3) is 0.400. The van der Waals surface area contributed by atoms with E-state index in [-0.39, 0.29) is 0 Å². The number of aliphatic imine (C=N–C) groups is 1. The van der Waals surface area contributed by atoms with Gasteiger partial charge in [-0.15, -0.1) is 0 Å². The summed E-state index contributed by atoms with van der Waals surface area (Å²) in [5, 5.41) is 7.07. The van der Waals surface area contributed by atoms with Crippen molar-refractivity contribution in [1.29, 1.82) is 0 Å². The third kappa shape index (κ3) is 4.56. The molecule has 118 valence electrons. The van der Waals surface area contributed by atoms with Crippen LogP contribution in [0.3, 0.4) is 0 Å². The molecule has 0 atom stereocenters. The zero-order valence-electron chi connectivity index (χ0n) is 13.0. The molecule has 2 rings (SSSR count). The monoisotopic (exact) mass is 365 g/mol. The lowest BCUT2D eigenvalue weighted by Crippen LogP contribution is -2.39. The topological polar surface area (TPSA) is 66.5 Å². The summed E-state index contributed by atoms with van der Waals surface area (Å²) in [6.45, 7) is 3.26. The highest BCUT2D eigenvalue weighted by atomic mass is 79.9. The van der Waals surface area contributed by atoms with E-state index in [4.69, 9.17) is 4.52 Å². The van der Waals surface area contributed by atoms with Crippen LogP contribution in [0.4, 0.5) is 0 Å². The van der Waals surface area contributed by atoms with Gasteiger partial charge in [0, 0.05) is 38.1 Å². The Morgan fingerprint density at radius 3 is 2.82 bits per heavy atom. The third-order valence-corrected chi connectivity index (χ3v) is 3.90. The number of halogens is 1.